The third-order valence-corrected chi connectivity index (χ3v) is 4.16. The van der Waals surface area contributed by atoms with Gasteiger partial charge in [0.05, 0.1) is 18.7 Å². The summed E-state index contributed by atoms with van der Waals surface area (Å²) in [6.07, 6.45) is -3.59. The van der Waals surface area contributed by atoms with Gasteiger partial charge in [-0.2, -0.15) is 13.2 Å². The first-order chi connectivity index (χ1) is 13.8. The van der Waals surface area contributed by atoms with Crippen molar-refractivity contribution >= 4 is 11.9 Å². The van der Waals surface area contributed by atoms with Crippen LogP contribution in [0.4, 0.5) is 13.2 Å². The molecule has 0 saturated heterocycles. The quantitative estimate of drug-likeness (QED) is 0.549. The highest BCUT2D eigenvalue weighted by molar-refractivity contribution is 5.86. The van der Waals surface area contributed by atoms with Gasteiger partial charge in [-0.1, -0.05) is 42.5 Å². The maximum absolute atomic E-state index is 12.7. The number of alkyl halides is 3. The number of guanidine groups is 1. The molecular formula is C21H25F3N4O. The number of amides is 1. The lowest BCUT2D eigenvalue weighted by Gasteiger charge is -2.15. The lowest BCUT2D eigenvalue weighted by Crippen LogP contribution is -2.43. The average Bonchev–Trinajstić information content (AvgIpc) is 2.69. The van der Waals surface area contributed by atoms with Crippen LogP contribution >= 0.6 is 0 Å². The number of hydrogen-bond donors (Lipinski definition) is 2. The summed E-state index contributed by atoms with van der Waals surface area (Å²) in [5, 5.41) is 6.12. The van der Waals surface area contributed by atoms with Crippen LogP contribution in [0.1, 0.15) is 16.7 Å². The Morgan fingerprint density at radius 2 is 1.62 bits per heavy atom. The van der Waals surface area contributed by atoms with Crippen LogP contribution in [0.5, 0.6) is 0 Å². The van der Waals surface area contributed by atoms with Gasteiger partial charge in [0.15, 0.2) is 5.96 Å². The number of hydrogen-bond acceptors (Lipinski definition) is 2. The predicted molar refractivity (Wildman–Crippen MR) is 107 cm³/mol. The molecule has 2 rings (SSSR count). The molecule has 0 radical (unpaired) electrons. The minimum atomic E-state index is -4.36. The normalized spacial score (nSPS) is 11.8. The highest BCUT2D eigenvalue weighted by atomic mass is 19.4. The van der Waals surface area contributed by atoms with Crippen molar-refractivity contribution in [2.45, 2.75) is 19.1 Å². The number of halogens is 3. The number of carbonyl (C=O) groups excluding carboxylic acids is 1. The summed E-state index contributed by atoms with van der Waals surface area (Å²) in [5.41, 5.74) is 1.11. The first-order valence-electron chi connectivity index (χ1n) is 9.18. The fraction of sp³-hybridized carbons (Fsp3) is 0.333. The first-order valence-corrected chi connectivity index (χ1v) is 9.18. The minimum absolute atomic E-state index is 0.0666. The molecule has 1 amide bonds. The zero-order chi connectivity index (χ0) is 21.3. The fourth-order valence-corrected chi connectivity index (χ4v) is 2.43. The number of carbonyl (C=O) groups is 1. The van der Waals surface area contributed by atoms with Crippen LogP contribution in [0.25, 0.3) is 0 Å². The minimum Gasteiger partial charge on any atom is -0.356 e. The van der Waals surface area contributed by atoms with Gasteiger partial charge < -0.3 is 15.5 Å². The van der Waals surface area contributed by atoms with Crippen LogP contribution in [0.3, 0.4) is 0 Å². The summed E-state index contributed by atoms with van der Waals surface area (Å²) in [7, 11) is 3.32. The monoisotopic (exact) mass is 406 g/mol. The van der Waals surface area contributed by atoms with Crippen molar-refractivity contribution in [3.63, 3.8) is 0 Å². The Kier molecular flexibility index (Phi) is 8.06. The van der Waals surface area contributed by atoms with Gasteiger partial charge in [0.2, 0.25) is 5.91 Å². The number of aliphatic imine (C=N–C) groups is 1. The van der Waals surface area contributed by atoms with Crippen LogP contribution in [-0.4, -0.2) is 44.0 Å². The number of benzene rings is 2. The van der Waals surface area contributed by atoms with Gasteiger partial charge in [-0.25, -0.2) is 4.99 Å². The van der Waals surface area contributed by atoms with Crippen molar-refractivity contribution in [2.24, 2.45) is 4.99 Å². The van der Waals surface area contributed by atoms with Crippen LogP contribution in [-0.2, 0) is 23.9 Å². The number of likely N-dealkylation sites (N-methyl/N-ethyl adjacent to an activating group) is 1. The van der Waals surface area contributed by atoms with E-state index in [1.54, 1.807) is 14.1 Å². The van der Waals surface area contributed by atoms with E-state index in [0.717, 1.165) is 24.1 Å². The molecule has 2 aromatic rings. The molecule has 5 nitrogen and oxygen atoms in total. The summed E-state index contributed by atoms with van der Waals surface area (Å²) >= 11 is 0. The molecule has 0 bridgehead atoms. The molecule has 0 fully saturated rings. The topological polar surface area (TPSA) is 56.7 Å². The van der Waals surface area contributed by atoms with Crippen molar-refractivity contribution < 1.29 is 18.0 Å². The number of nitrogens with zero attached hydrogens (tertiary/aromatic N) is 2. The first kappa shape index (κ1) is 22.3. The van der Waals surface area contributed by atoms with Crippen LogP contribution in [0.15, 0.2) is 59.6 Å². The molecule has 156 valence electrons. The van der Waals surface area contributed by atoms with Crippen molar-refractivity contribution in [3.8, 4) is 0 Å². The van der Waals surface area contributed by atoms with E-state index in [-0.39, 0.29) is 19.0 Å². The fourth-order valence-electron chi connectivity index (χ4n) is 2.43. The molecule has 0 aliphatic carbocycles. The Balaban J connectivity index is 1.99. The van der Waals surface area contributed by atoms with Crippen molar-refractivity contribution in [3.05, 3.63) is 71.3 Å². The van der Waals surface area contributed by atoms with E-state index >= 15 is 0 Å². The Morgan fingerprint density at radius 1 is 0.966 bits per heavy atom. The third kappa shape index (κ3) is 7.85. The zero-order valence-electron chi connectivity index (χ0n) is 16.5. The Bertz CT molecular complexity index is 803. The Labute approximate surface area is 168 Å². The summed E-state index contributed by atoms with van der Waals surface area (Å²) in [6.45, 7) is 0.852. The molecule has 0 spiro atoms. The second kappa shape index (κ2) is 10.5. The van der Waals surface area contributed by atoms with Crippen LogP contribution < -0.4 is 10.6 Å². The van der Waals surface area contributed by atoms with E-state index in [1.807, 2.05) is 30.3 Å². The molecule has 2 N–H and O–H groups in total. The highest BCUT2D eigenvalue weighted by Gasteiger charge is 2.29. The SMILES string of the molecule is CN(C)C(=O)CNC(=NCc1ccc(C(F)(F)F)cc1)NCCc1ccccc1. The van der Waals surface area contributed by atoms with E-state index in [4.69, 9.17) is 0 Å². The van der Waals surface area contributed by atoms with Gasteiger partial charge >= 0.3 is 6.18 Å². The van der Waals surface area contributed by atoms with Crippen molar-refractivity contribution in [1.29, 1.82) is 0 Å². The lowest BCUT2D eigenvalue weighted by molar-refractivity contribution is -0.137. The average molecular weight is 406 g/mol. The van der Waals surface area contributed by atoms with E-state index < -0.39 is 11.7 Å². The van der Waals surface area contributed by atoms with Crippen LogP contribution in [0, 0.1) is 0 Å². The Hall–Kier alpha value is -3.03. The molecule has 0 atom stereocenters. The van der Waals surface area contributed by atoms with Gasteiger partial charge in [0, 0.05) is 20.6 Å². The third-order valence-electron chi connectivity index (χ3n) is 4.16. The maximum Gasteiger partial charge on any atom is 0.416 e. The van der Waals surface area contributed by atoms with E-state index in [2.05, 4.69) is 15.6 Å². The predicted octanol–water partition coefficient (Wildman–Crippen LogP) is 3.07. The smallest absolute Gasteiger partial charge is 0.356 e. The molecule has 0 aliphatic heterocycles. The van der Waals surface area contributed by atoms with Gasteiger partial charge in [-0.3, -0.25) is 4.79 Å². The highest BCUT2D eigenvalue weighted by Crippen LogP contribution is 2.29. The van der Waals surface area contributed by atoms with Crippen molar-refractivity contribution in [2.75, 3.05) is 27.2 Å². The number of rotatable bonds is 7. The van der Waals surface area contributed by atoms with Gasteiger partial charge in [-0.05, 0) is 29.7 Å². The standard InChI is InChI=1S/C21H25F3N4O/c1-28(2)19(29)15-27-20(25-13-12-16-6-4-3-5-7-16)26-14-17-8-10-18(11-9-17)21(22,23)24/h3-11H,12-15H2,1-2H3,(H2,25,26,27). The van der Waals surface area contributed by atoms with Gasteiger partial charge in [-0.15, -0.1) is 0 Å². The molecule has 2 aromatic carbocycles. The molecule has 0 saturated carbocycles. The van der Waals surface area contributed by atoms with Gasteiger partial charge in [0.25, 0.3) is 0 Å². The molecule has 0 aliphatic rings. The summed E-state index contributed by atoms with van der Waals surface area (Å²) in [5.74, 6) is 0.313. The molecule has 0 unspecified atom stereocenters. The van der Waals surface area contributed by atoms with E-state index in [0.29, 0.717) is 18.1 Å². The van der Waals surface area contributed by atoms with E-state index in [9.17, 15) is 18.0 Å². The maximum atomic E-state index is 12.7. The summed E-state index contributed by atoms with van der Waals surface area (Å²) in [4.78, 5) is 17.7. The second-order valence-electron chi connectivity index (χ2n) is 6.66. The molecule has 0 aromatic heterocycles. The Morgan fingerprint density at radius 3 is 2.21 bits per heavy atom. The summed E-state index contributed by atoms with van der Waals surface area (Å²) < 4.78 is 38.0. The second-order valence-corrected chi connectivity index (χ2v) is 6.66. The largest absolute Gasteiger partial charge is 0.416 e. The number of nitrogens with one attached hydrogen (secondary N) is 2. The molecule has 0 heterocycles. The van der Waals surface area contributed by atoms with Crippen LogP contribution in [0.2, 0.25) is 0 Å². The zero-order valence-corrected chi connectivity index (χ0v) is 16.5. The van der Waals surface area contributed by atoms with Crippen molar-refractivity contribution in [1.82, 2.24) is 15.5 Å². The summed E-state index contributed by atoms with van der Waals surface area (Å²) in [6, 6.07) is 14.8. The molecule has 29 heavy (non-hydrogen) atoms. The molecular weight excluding hydrogens is 381 g/mol. The van der Waals surface area contributed by atoms with E-state index in [1.165, 1.54) is 17.0 Å². The lowest BCUT2D eigenvalue weighted by atomic mass is 10.1. The van der Waals surface area contributed by atoms with Gasteiger partial charge in [0.1, 0.15) is 0 Å². The molecule has 8 heteroatoms.